The van der Waals surface area contributed by atoms with Gasteiger partial charge >= 0.3 is 0 Å². The predicted octanol–water partition coefficient (Wildman–Crippen LogP) is 5.17. The summed E-state index contributed by atoms with van der Waals surface area (Å²) in [6.07, 6.45) is 8.94. The minimum atomic E-state index is -3.77. The minimum Gasteiger partial charge on any atom is -0.352 e. The molecule has 222 valence electrons. The number of hydrogen-bond donors (Lipinski definition) is 1. The molecule has 1 atom stereocenters. The Kier molecular flexibility index (Phi) is 8.25. The van der Waals surface area contributed by atoms with Crippen molar-refractivity contribution in [3.05, 3.63) is 65.2 Å². The Balaban J connectivity index is 1.39. The molecular weight excluding hydrogens is 534 g/mol. The van der Waals surface area contributed by atoms with Gasteiger partial charge in [0.2, 0.25) is 21.8 Å². The SMILES string of the molecule is Cc1ccccc1CN(C(=O)CN(c1ccc(C23CC4CC(CC(C4)C2)C3)cc1)S(C)(=O)=O)[C@H](C)C(=O)NC(C)C. The van der Waals surface area contributed by atoms with Crippen molar-refractivity contribution in [1.29, 1.82) is 0 Å². The van der Waals surface area contributed by atoms with Gasteiger partial charge in [-0.2, -0.15) is 0 Å². The van der Waals surface area contributed by atoms with Gasteiger partial charge in [0.15, 0.2) is 0 Å². The predicted molar refractivity (Wildman–Crippen MR) is 163 cm³/mol. The van der Waals surface area contributed by atoms with E-state index in [0.717, 1.165) is 35.1 Å². The van der Waals surface area contributed by atoms with Crippen LogP contribution in [-0.4, -0.2) is 50.0 Å². The molecule has 0 unspecified atom stereocenters. The van der Waals surface area contributed by atoms with Crippen LogP contribution in [0.25, 0.3) is 0 Å². The highest BCUT2D eigenvalue weighted by atomic mass is 32.2. The second kappa shape index (κ2) is 11.4. The first kappa shape index (κ1) is 29.6. The summed E-state index contributed by atoms with van der Waals surface area (Å²) in [4.78, 5) is 28.3. The molecule has 2 aromatic carbocycles. The molecule has 0 heterocycles. The maximum Gasteiger partial charge on any atom is 0.244 e. The van der Waals surface area contributed by atoms with E-state index in [0.29, 0.717) is 5.69 Å². The Bertz CT molecular complexity index is 1350. The van der Waals surface area contributed by atoms with Crippen LogP contribution in [0.3, 0.4) is 0 Å². The summed E-state index contributed by atoms with van der Waals surface area (Å²) >= 11 is 0. The van der Waals surface area contributed by atoms with Crippen molar-refractivity contribution >= 4 is 27.5 Å². The Labute approximate surface area is 245 Å². The zero-order chi connectivity index (χ0) is 29.5. The van der Waals surface area contributed by atoms with E-state index >= 15 is 0 Å². The summed E-state index contributed by atoms with van der Waals surface area (Å²) in [5.41, 5.74) is 3.91. The molecule has 2 aromatic rings. The highest BCUT2D eigenvalue weighted by molar-refractivity contribution is 7.92. The summed E-state index contributed by atoms with van der Waals surface area (Å²) in [7, 11) is -3.77. The van der Waals surface area contributed by atoms with E-state index in [1.807, 2.05) is 57.2 Å². The standard InChI is InChI=1S/C33H45N3O4S/c1-22(2)34-32(38)24(4)35(20-28-9-7-6-8-23(28)3)31(37)21-36(41(5,39)40)30-12-10-29(11-13-30)33-17-25-14-26(18-33)16-27(15-25)19-33/h6-13,22,24-27H,14-21H2,1-5H3,(H,34,38)/t24-,25?,26?,27?,33?/m1/s1. The monoisotopic (exact) mass is 579 g/mol. The largest absolute Gasteiger partial charge is 0.352 e. The number of rotatable bonds is 10. The average molecular weight is 580 g/mol. The van der Waals surface area contributed by atoms with E-state index in [1.54, 1.807) is 6.92 Å². The normalized spacial score (nSPS) is 25.7. The number of carbonyl (C=O) groups is 2. The summed E-state index contributed by atoms with van der Waals surface area (Å²) < 4.78 is 27.2. The van der Waals surface area contributed by atoms with Gasteiger partial charge in [-0.25, -0.2) is 8.42 Å². The smallest absolute Gasteiger partial charge is 0.244 e. The van der Waals surface area contributed by atoms with Gasteiger partial charge in [-0.15, -0.1) is 0 Å². The average Bonchev–Trinajstić information content (AvgIpc) is 2.89. The lowest BCUT2D eigenvalue weighted by Gasteiger charge is -2.57. The van der Waals surface area contributed by atoms with Crippen molar-refractivity contribution in [3.63, 3.8) is 0 Å². The van der Waals surface area contributed by atoms with Crippen LogP contribution in [0, 0.1) is 24.7 Å². The van der Waals surface area contributed by atoms with Gasteiger partial charge < -0.3 is 10.2 Å². The number of anilines is 1. The fraction of sp³-hybridized carbons (Fsp3) is 0.576. The van der Waals surface area contributed by atoms with Crippen LogP contribution >= 0.6 is 0 Å². The van der Waals surface area contributed by atoms with Crippen molar-refractivity contribution in [2.45, 2.75) is 90.3 Å². The molecule has 4 aliphatic rings. The minimum absolute atomic E-state index is 0.0830. The number of sulfonamides is 1. The van der Waals surface area contributed by atoms with Gasteiger partial charge in [0.1, 0.15) is 12.6 Å². The number of amides is 2. The summed E-state index contributed by atoms with van der Waals surface area (Å²) in [6, 6.07) is 14.8. The summed E-state index contributed by atoms with van der Waals surface area (Å²) in [6.45, 7) is 7.23. The van der Waals surface area contributed by atoms with Crippen LogP contribution in [0.5, 0.6) is 0 Å². The number of nitrogens with one attached hydrogen (secondary N) is 1. The molecule has 4 saturated carbocycles. The van der Waals surface area contributed by atoms with Crippen LogP contribution in [0.2, 0.25) is 0 Å². The molecule has 41 heavy (non-hydrogen) atoms. The van der Waals surface area contributed by atoms with E-state index < -0.39 is 22.0 Å². The van der Waals surface area contributed by atoms with Crippen LogP contribution < -0.4 is 9.62 Å². The first-order chi connectivity index (χ1) is 19.3. The molecule has 8 heteroatoms. The first-order valence-electron chi connectivity index (χ1n) is 15.1. The fourth-order valence-electron chi connectivity index (χ4n) is 8.02. The third-order valence-electron chi connectivity index (χ3n) is 9.69. The molecule has 4 bridgehead atoms. The van der Waals surface area contributed by atoms with Crippen LogP contribution in [0.4, 0.5) is 5.69 Å². The molecule has 1 N–H and O–H groups in total. The molecule has 0 saturated heterocycles. The van der Waals surface area contributed by atoms with Gasteiger partial charge in [0.25, 0.3) is 0 Å². The van der Waals surface area contributed by atoms with Crippen LogP contribution in [0.15, 0.2) is 48.5 Å². The third kappa shape index (κ3) is 6.32. The molecule has 6 rings (SSSR count). The molecule has 7 nitrogen and oxygen atoms in total. The molecule has 0 radical (unpaired) electrons. The molecule has 2 amide bonds. The second-order valence-corrected chi connectivity index (χ2v) is 15.2. The Morgan fingerprint density at radius 1 is 0.927 bits per heavy atom. The van der Waals surface area contributed by atoms with Crippen molar-refractivity contribution in [1.82, 2.24) is 10.2 Å². The Hall–Kier alpha value is -2.87. The van der Waals surface area contributed by atoms with E-state index in [9.17, 15) is 18.0 Å². The maximum absolute atomic E-state index is 13.9. The lowest BCUT2D eigenvalue weighted by atomic mass is 9.48. The molecule has 0 aromatic heterocycles. The van der Waals surface area contributed by atoms with Crippen LogP contribution in [-0.2, 0) is 31.6 Å². The molecule has 4 fully saturated rings. The number of hydrogen-bond acceptors (Lipinski definition) is 4. The van der Waals surface area contributed by atoms with Crippen molar-refractivity contribution < 1.29 is 18.0 Å². The quantitative estimate of drug-likeness (QED) is 0.421. The zero-order valence-corrected chi connectivity index (χ0v) is 25.9. The maximum atomic E-state index is 13.9. The topological polar surface area (TPSA) is 86.8 Å². The fourth-order valence-corrected chi connectivity index (χ4v) is 8.87. The van der Waals surface area contributed by atoms with Crippen molar-refractivity contribution in [3.8, 4) is 0 Å². The van der Waals surface area contributed by atoms with Gasteiger partial charge in [-0.3, -0.25) is 13.9 Å². The summed E-state index contributed by atoms with van der Waals surface area (Å²) in [5.74, 6) is 1.77. The molecule has 4 aliphatic carbocycles. The number of aryl methyl sites for hydroxylation is 1. The van der Waals surface area contributed by atoms with E-state index in [-0.39, 0.29) is 30.5 Å². The molecule has 0 aliphatic heterocycles. The first-order valence-corrected chi connectivity index (χ1v) is 16.9. The molecule has 0 spiro atoms. The van der Waals surface area contributed by atoms with Gasteiger partial charge in [-0.05, 0) is 118 Å². The van der Waals surface area contributed by atoms with Gasteiger partial charge in [0, 0.05) is 12.6 Å². The van der Waals surface area contributed by atoms with Crippen molar-refractivity contribution in [2.75, 3.05) is 17.1 Å². The van der Waals surface area contributed by atoms with E-state index in [4.69, 9.17) is 0 Å². The van der Waals surface area contributed by atoms with Gasteiger partial charge in [-0.1, -0.05) is 36.4 Å². The Morgan fingerprint density at radius 3 is 2.00 bits per heavy atom. The molecular formula is C33H45N3O4S. The lowest BCUT2D eigenvalue weighted by Crippen LogP contribution is -2.52. The number of nitrogens with zero attached hydrogens (tertiary/aromatic N) is 2. The second-order valence-electron chi connectivity index (χ2n) is 13.3. The number of carbonyl (C=O) groups excluding carboxylic acids is 2. The number of benzene rings is 2. The van der Waals surface area contributed by atoms with Crippen LogP contribution in [0.1, 0.15) is 76.0 Å². The highest BCUT2D eigenvalue weighted by Crippen LogP contribution is 2.60. The lowest BCUT2D eigenvalue weighted by molar-refractivity contribution is -0.139. The zero-order valence-electron chi connectivity index (χ0n) is 25.1. The van der Waals surface area contributed by atoms with Crippen molar-refractivity contribution in [2.24, 2.45) is 17.8 Å². The van der Waals surface area contributed by atoms with E-state index in [1.165, 1.54) is 53.3 Å². The Morgan fingerprint density at radius 2 is 1.49 bits per heavy atom. The summed E-state index contributed by atoms with van der Waals surface area (Å²) in [5, 5.41) is 2.89. The van der Waals surface area contributed by atoms with E-state index in [2.05, 4.69) is 17.4 Å². The van der Waals surface area contributed by atoms with Gasteiger partial charge in [0.05, 0.1) is 11.9 Å². The highest BCUT2D eigenvalue weighted by Gasteiger charge is 2.51. The third-order valence-corrected chi connectivity index (χ3v) is 10.8.